The van der Waals surface area contributed by atoms with Crippen molar-refractivity contribution in [3.8, 4) is 5.75 Å². The lowest BCUT2D eigenvalue weighted by molar-refractivity contribution is 0.128. The van der Waals surface area contributed by atoms with Gasteiger partial charge in [-0.05, 0) is 41.6 Å². The number of rotatable bonds is 3. The fourth-order valence-corrected chi connectivity index (χ4v) is 2.91. The minimum absolute atomic E-state index is 0. The minimum Gasteiger partial charge on any atom is -0.489 e. The third kappa shape index (κ3) is 5.46. The Hall–Kier alpha value is -0.250. The van der Waals surface area contributed by atoms with Crippen LogP contribution in [0.1, 0.15) is 19.8 Å². The van der Waals surface area contributed by atoms with Crippen LogP contribution in [0.4, 0.5) is 0 Å². The molecule has 0 saturated carbocycles. The summed E-state index contributed by atoms with van der Waals surface area (Å²) in [6.07, 6.45) is 2.38. The Bertz CT molecular complexity index is 460. The summed E-state index contributed by atoms with van der Waals surface area (Å²) in [6.45, 7) is 4.99. The highest BCUT2D eigenvalue weighted by Crippen LogP contribution is 2.24. The third-order valence-corrected chi connectivity index (χ3v) is 4.31. The van der Waals surface area contributed by atoms with Gasteiger partial charge in [-0.15, -0.1) is 24.0 Å². The van der Waals surface area contributed by atoms with E-state index >= 15 is 0 Å². The van der Waals surface area contributed by atoms with Gasteiger partial charge in [0.2, 0.25) is 0 Å². The van der Waals surface area contributed by atoms with Crippen LogP contribution in [0.25, 0.3) is 0 Å². The largest absolute Gasteiger partial charge is 0.489 e. The smallest absolute Gasteiger partial charge is 0.193 e. The number of nitrogens with zero attached hydrogens (tertiary/aromatic N) is 2. The Morgan fingerprint density at radius 1 is 1.38 bits per heavy atom. The Kier molecular flexibility index (Phi) is 8.69. The maximum absolute atomic E-state index is 6.11. The van der Waals surface area contributed by atoms with Gasteiger partial charge in [-0.2, -0.15) is 0 Å². The Balaban J connectivity index is 0.00000220. The number of halogens is 2. The number of guanidine groups is 1. The van der Waals surface area contributed by atoms with Gasteiger partial charge in [0, 0.05) is 39.5 Å². The molecule has 118 valence electrons. The van der Waals surface area contributed by atoms with Crippen LogP contribution in [0.5, 0.6) is 5.75 Å². The van der Waals surface area contributed by atoms with E-state index < -0.39 is 0 Å². The molecule has 0 atom stereocenters. The summed E-state index contributed by atoms with van der Waals surface area (Å²) in [4.78, 5) is 6.62. The summed E-state index contributed by atoms with van der Waals surface area (Å²) >= 11 is 2.32. The zero-order valence-corrected chi connectivity index (χ0v) is 17.0. The molecule has 1 aliphatic rings. The second-order valence-electron chi connectivity index (χ2n) is 4.81. The molecular weight excluding hydrogens is 492 g/mol. The van der Waals surface area contributed by atoms with Crippen molar-refractivity contribution in [2.24, 2.45) is 4.99 Å². The van der Waals surface area contributed by atoms with E-state index in [2.05, 4.69) is 50.8 Å². The highest BCUT2D eigenvalue weighted by molar-refractivity contribution is 14.1. The van der Waals surface area contributed by atoms with Crippen molar-refractivity contribution in [2.45, 2.75) is 25.9 Å². The average molecular weight is 515 g/mol. The number of ether oxygens (including phenoxy) is 1. The zero-order valence-electron chi connectivity index (χ0n) is 12.5. The molecule has 1 N–H and O–H groups in total. The van der Waals surface area contributed by atoms with Gasteiger partial charge in [0.25, 0.3) is 0 Å². The molecular formula is C15H23I2N3O. The lowest BCUT2D eigenvalue weighted by Gasteiger charge is -2.34. The van der Waals surface area contributed by atoms with Crippen molar-refractivity contribution in [2.75, 3.05) is 26.7 Å². The number of hydrogen-bond donors (Lipinski definition) is 1. The number of likely N-dealkylation sites (tertiary alicyclic amines) is 1. The van der Waals surface area contributed by atoms with Crippen LogP contribution < -0.4 is 10.1 Å². The number of benzene rings is 1. The van der Waals surface area contributed by atoms with E-state index in [0.29, 0.717) is 6.10 Å². The van der Waals surface area contributed by atoms with E-state index in [1.807, 2.05) is 25.2 Å². The van der Waals surface area contributed by atoms with Gasteiger partial charge in [-0.25, -0.2) is 0 Å². The van der Waals surface area contributed by atoms with Crippen LogP contribution in [0, 0.1) is 3.57 Å². The SMILES string of the molecule is CCNC(=NC)N1CCC(Oc2ccccc2I)CC1.I. The maximum atomic E-state index is 6.11. The standard InChI is InChI=1S/C15H22IN3O.HI/c1-3-18-15(17-2)19-10-8-12(9-11-19)20-14-7-5-4-6-13(14)16;/h4-7,12H,3,8-11H2,1-2H3,(H,17,18);1H. The van der Waals surface area contributed by atoms with Gasteiger partial charge in [-0.1, -0.05) is 12.1 Å². The van der Waals surface area contributed by atoms with Crippen LogP contribution in [0.2, 0.25) is 0 Å². The maximum Gasteiger partial charge on any atom is 0.193 e. The summed E-state index contributed by atoms with van der Waals surface area (Å²) in [7, 11) is 1.84. The van der Waals surface area contributed by atoms with E-state index in [9.17, 15) is 0 Å². The predicted octanol–water partition coefficient (Wildman–Crippen LogP) is 3.35. The molecule has 1 saturated heterocycles. The second kappa shape index (κ2) is 9.70. The van der Waals surface area contributed by atoms with Gasteiger partial charge < -0.3 is 15.0 Å². The summed E-state index contributed by atoms with van der Waals surface area (Å²) in [6, 6.07) is 8.20. The van der Waals surface area contributed by atoms with Gasteiger partial charge in [0.15, 0.2) is 5.96 Å². The molecule has 0 aliphatic carbocycles. The average Bonchev–Trinajstić information content (AvgIpc) is 2.48. The van der Waals surface area contributed by atoms with Crippen molar-refractivity contribution in [1.29, 1.82) is 0 Å². The monoisotopic (exact) mass is 515 g/mol. The van der Waals surface area contributed by atoms with Crippen LogP contribution in [-0.2, 0) is 0 Å². The fourth-order valence-electron chi connectivity index (χ4n) is 2.40. The van der Waals surface area contributed by atoms with E-state index in [0.717, 1.165) is 44.2 Å². The highest BCUT2D eigenvalue weighted by atomic mass is 127. The number of aliphatic imine (C=N–C) groups is 1. The zero-order chi connectivity index (χ0) is 14.4. The van der Waals surface area contributed by atoms with Crippen LogP contribution in [0.15, 0.2) is 29.3 Å². The van der Waals surface area contributed by atoms with Crippen molar-refractivity contribution in [3.63, 3.8) is 0 Å². The first-order valence-corrected chi connectivity index (χ1v) is 8.19. The minimum atomic E-state index is 0. The molecule has 1 aromatic carbocycles. The summed E-state index contributed by atoms with van der Waals surface area (Å²) in [5.74, 6) is 2.00. The molecule has 4 nitrogen and oxygen atoms in total. The second-order valence-corrected chi connectivity index (χ2v) is 5.97. The van der Waals surface area contributed by atoms with Gasteiger partial charge in [0.05, 0.1) is 3.57 Å². The van der Waals surface area contributed by atoms with E-state index in [4.69, 9.17) is 4.74 Å². The quantitative estimate of drug-likeness (QED) is 0.382. The molecule has 0 bridgehead atoms. The molecule has 1 heterocycles. The molecule has 2 rings (SSSR count). The summed E-state index contributed by atoms with van der Waals surface area (Å²) < 4.78 is 7.29. The van der Waals surface area contributed by atoms with Gasteiger partial charge in [0.1, 0.15) is 11.9 Å². The van der Waals surface area contributed by atoms with Crippen molar-refractivity contribution in [1.82, 2.24) is 10.2 Å². The predicted molar refractivity (Wildman–Crippen MR) is 107 cm³/mol. The molecule has 1 aliphatic heterocycles. The van der Waals surface area contributed by atoms with Crippen LogP contribution >= 0.6 is 46.6 Å². The van der Waals surface area contributed by atoms with Crippen molar-refractivity contribution < 1.29 is 4.74 Å². The fraction of sp³-hybridized carbons (Fsp3) is 0.533. The van der Waals surface area contributed by atoms with E-state index in [1.165, 1.54) is 3.57 Å². The number of piperidine rings is 1. The van der Waals surface area contributed by atoms with E-state index in [-0.39, 0.29) is 24.0 Å². The summed E-state index contributed by atoms with van der Waals surface area (Å²) in [5, 5.41) is 3.31. The number of hydrogen-bond acceptors (Lipinski definition) is 2. The molecule has 0 amide bonds. The molecule has 0 radical (unpaired) electrons. The van der Waals surface area contributed by atoms with Crippen molar-refractivity contribution >= 4 is 52.5 Å². The van der Waals surface area contributed by atoms with Gasteiger partial charge >= 0.3 is 0 Å². The van der Waals surface area contributed by atoms with Gasteiger partial charge in [-0.3, -0.25) is 4.99 Å². The van der Waals surface area contributed by atoms with Crippen molar-refractivity contribution in [3.05, 3.63) is 27.8 Å². The Morgan fingerprint density at radius 2 is 2.05 bits per heavy atom. The first-order valence-electron chi connectivity index (χ1n) is 7.11. The lowest BCUT2D eigenvalue weighted by Crippen LogP contribution is -2.47. The summed E-state index contributed by atoms with van der Waals surface area (Å²) in [5.41, 5.74) is 0. The van der Waals surface area contributed by atoms with E-state index in [1.54, 1.807) is 0 Å². The first kappa shape index (κ1) is 18.8. The Morgan fingerprint density at radius 3 is 2.62 bits per heavy atom. The third-order valence-electron chi connectivity index (χ3n) is 3.42. The molecule has 1 fully saturated rings. The first-order chi connectivity index (χ1) is 9.74. The number of para-hydroxylation sites is 1. The molecule has 1 aromatic rings. The molecule has 0 aromatic heterocycles. The molecule has 21 heavy (non-hydrogen) atoms. The number of nitrogens with one attached hydrogen (secondary N) is 1. The molecule has 0 unspecified atom stereocenters. The molecule has 0 spiro atoms. The van der Waals surface area contributed by atoms with Crippen LogP contribution in [0.3, 0.4) is 0 Å². The highest BCUT2D eigenvalue weighted by Gasteiger charge is 2.22. The lowest BCUT2D eigenvalue weighted by atomic mass is 10.1. The normalized spacial score (nSPS) is 16.3. The van der Waals surface area contributed by atoms with Crippen LogP contribution in [-0.4, -0.2) is 43.6 Å². The Labute approximate surface area is 157 Å². The molecule has 6 heteroatoms. The topological polar surface area (TPSA) is 36.9 Å².